The average molecular weight is 541 g/mol. The maximum Gasteiger partial charge on any atom is 0.238 e. The van der Waals surface area contributed by atoms with Crippen molar-refractivity contribution in [3.63, 3.8) is 0 Å². The van der Waals surface area contributed by atoms with Gasteiger partial charge in [-0.15, -0.1) is 0 Å². The molecule has 0 bridgehead atoms. The summed E-state index contributed by atoms with van der Waals surface area (Å²) in [6.45, 7) is 4.05. The zero-order chi connectivity index (χ0) is 28.7. The predicted octanol–water partition coefficient (Wildman–Crippen LogP) is 6.85. The second kappa shape index (κ2) is 10.5. The smallest absolute Gasteiger partial charge is 0.238 e. The summed E-state index contributed by atoms with van der Waals surface area (Å²) < 4.78 is 0. The maximum absolute atomic E-state index is 4.95. The molecular formula is C33H32N8. The van der Waals surface area contributed by atoms with Gasteiger partial charge in [0.2, 0.25) is 5.95 Å². The molecule has 0 spiro atoms. The zero-order valence-corrected chi connectivity index (χ0v) is 24.2. The molecule has 0 saturated heterocycles. The van der Waals surface area contributed by atoms with Crippen LogP contribution in [0.3, 0.4) is 0 Å². The Balaban J connectivity index is 1.61. The molecule has 41 heavy (non-hydrogen) atoms. The van der Waals surface area contributed by atoms with Crippen molar-refractivity contribution >= 4 is 50.5 Å². The summed E-state index contributed by atoms with van der Waals surface area (Å²) in [6.07, 6.45) is 1.58. The topological polar surface area (TPSA) is 74.2 Å². The van der Waals surface area contributed by atoms with Crippen molar-refractivity contribution in [2.75, 3.05) is 42.9 Å². The fourth-order valence-electron chi connectivity index (χ4n) is 5.17. The average Bonchev–Trinajstić information content (AvgIpc) is 2.97. The van der Waals surface area contributed by atoms with Crippen molar-refractivity contribution in [2.45, 2.75) is 13.8 Å². The van der Waals surface area contributed by atoms with Crippen LogP contribution in [0, 0.1) is 13.8 Å². The van der Waals surface area contributed by atoms with Gasteiger partial charge < -0.3 is 9.80 Å². The molecule has 0 radical (unpaired) electrons. The molecule has 0 atom stereocenters. The first-order chi connectivity index (χ1) is 19.8. The molecular weight excluding hydrogens is 508 g/mol. The standard InChI is InChI=1S/C33H32N8/c1-21-16-30(39(3)4)26-18-24(12-14-28(26)36-21)41(33-35-20-34-32(38-33)23-10-8-7-9-11-23)25-13-15-29-27(19-25)31(40(5)6)17-22(2)37-29/h7-20H,1-6H3. The summed E-state index contributed by atoms with van der Waals surface area (Å²) in [4.78, 5) is 30.0. The largest absolute Gasteiger partial charge is 0.377 e. The number of hydrogen-bond acceptors (Lipinski definition) is 8. The minimum Gasteiger partial charge on any atom is -0.377 e. The van der Waals surface area contributed by atoms with E-state index in [-0.39, 0.29) is 0 Å². The van der Waals surface area contributed by atoms with E-state index < -0.39 is 0 Å². The summed E-state index contributed by atoms with van der Waals surface area (Å²) in [6, 6.07) is 26.8. The van der Waals surface area contributed by atoms with Gasteiger partial charge >= 0.3 is 0 Å². The van der Waals surface area contributed by atoms with Crippen molar-refractivity contribution in [3.05, 3.63) is 96.6 Å². The molecule has 0 aliphatic heterocycles. The highest BCUT2D eigenvalue weighted by Gasteiger charge is 2.20. The second-order valence-corrected chi connectivity index (χ2v) is 10.6. The normalized spacial score (nSPS) is 11.2. The Kier molecular flexibility index (Phi) is 6.67. The van der Waals surface area contributed by atoms with Crippen LogP contribution in [0.25, 0.3) is 33.2 Å². The van der Waals surface area contributed by atoms with Gasteiger partial charge in [-0.2, -0.15) is 4.98 Å². The Morgan fingerprint density at radius 2 is 1.10 bits per heavy atom. The molecule has 0 fully saturated rings. The number of fused-ring (bicyclic) bond motifs is 2. The third-order valence-electron chi connectivity index (χ3n) is 7.07. The minimum absolute atomic E-state index is 0.524. The number of hydrogen-bond donors (Lipinski definition) is 0. The van der Waals surface area contributed by atoms with Gasteiger partial charge in [0, 0.05) is 78.7 Å². The Morgan fingerprint density at radius 1 is 0.561 bits per heavy atom. The third kappa shape index (κ3) is 5.00. The van der Waals surface area contributed by atoms with E-state index in [0.29, 0.717) is 11.8 Å². The third-order valence-corrected chi connectivity index (χ3v) is 7.07. The number of rotatable bonds is 6. The molecule has 0 aliphatic carbocycles. The summed E-state index contributed by atoms with van der Waals surface area (Å²) in [5, 5.41) is 2.10. The van der Waals surface area contributed by atoms with E-state index in [1.54, 1.807) is 6.33 Å². The summed E-state index contributed by atoms with van der Waals surface area (Å²) >= 11 is 0. The molecule has 3 aromatic carbocycles. The van der Waals surface area contributed by atoms with Gasteiger partial charge in [0.1, 0.15) is 6.33 Å². The molecule has 0 unspecified atom stereocenters. The van der Waals surface area contributed by atoms with E-state index >= 15 is 0 Å². The Labute approximate surface area is 240 Å². The Hall–Kier alpha value is -5.11. The van der Waals surface area contributed by atoms with Crippen LogP contribution in [0.1, 0.15) is 11.4 Å². The zero-order valence-electron chi connectivity index (χ0n) is 24.2. The van der Waals surface area contributed by atoms with Crippen LogP contribution in [0.2, 0.25) is 0 Å². The predicted molar refractivity (Wildman–Crippen MR) is 169 cm³/mol. The number of aryl methyl sites for hydroxylation is 2. The molecule has 3 heterocycles. The summed E-state index contributed by atoms with van der Waals surface area (Å²) in [7, 11) is 8.21. The number of nitrogens with zero attached hydrogens (tertiary/aromatic N) is 8. The second-order valence-electron chi connectivity index (χ2n) is 10.6. The van der Waals surface area contributed by atoms with E-state index in [9.17, 15) is 0 Å². The van der Waals surface area contributed by atoms with Crippen LogP contribution < -0.4 is 14.7 Å². The van der Waals surface area contributed by atoms with Crippen molar-refractivity contribution in [3.8, 4) is 11.4 Å². The first kappa shape index (κ1) is 26.1. The van der Waals surface area contributed by atoms with E-state index in [4.69, 9.17) is 15.0 Å². The molecule has 3 aromatic heterocycles. The van der Waals surface area contributed by atoms with Crippen LogP contribution in [-0.4, -0.2) is 53.1 Å². The van der Waals surface area contributed by atoms with Crippen molar-refractivity contribution < 1.29 is 0 Å². The molecule has 0 saturated carbocycles. The van der Waals surface area contributed by atoms with Gasteiger partial charge in [0.05, 0.1) is 11.0 Å². The van der Waals surface area contributed by atoms with Crippen molar-refractivity contribution in [1.29, 1.82) is 0 Å². The van der Waals surface area contributed by atoms with Crippen LogP contribution >= 0.6 is 0 Å². The lowest BCUT2D eigenvalue weighted by atomic mass is 10.1. The van der Waals surface area contributed by atoms with Gasteiger partial charge in [-0.25, -0.2) is 9.97 Å². The number of pyridine rings is 2. The molecule has 8 nitrogen and oxygen atoms in total. The summed E-state index contributed by atoms with van der Waals surface area (Å²) in [5.74, 6) is 1.13. The lowest BCUT2D eigenvalue weighted by molar-refractivity contribution is 1.02. The fraction of sp³-hybridized carbons (Fsp3) is 0.182. The minimum atomic E-state index is 0.524. The molecule has 6 aromatic rings. The van der Waals surface area contributed by atoms with Crippen molar-refractivity contribution in [1.82, 2.24) is 24.9 Å². The maximum atomic E-state index is 4.95. The Morgan fingerprint density at radius 3 is 1.61 bits per heavy atom. The highest BCUT2D eigenvalue weighted by Crippen LogP contribution is 2.39. The fourth-order valence-corrected chi connectivity index (χ4v) is 5.17. The first-order valence-electron chi connectivity index (χ1n) is 13.5. The summed E-state index contributed by atoms with van der Waals surface area (Å²) in [5.41, 5.74) is 8.79. The van der Waals surface area contributed by atoms with Crippen LogP contribution in [-0.2, 0) is 0 Å². The molecule has 8 heteroatoms. The van der Waals surface area contributed by atoms with Gasteiger partial charge in [0.15, 0.2) is 5.82 Å². The van der Waals surface area contributed by atoms with Crippen LogP contribution in [0.15, 0.2) is 85.2 Å². The molecule has 6 rings (SSSR count). The van der Waals surface area contributed by atoms with E-state index in [0.717, 1.165) is 61.5 Å². The SMILES string of the molecule is Cc1cc(N(C)C)c2cc(N(c3ccc4nc(C)cc(N(C)C)c4c3)c3ncnc(-c4ccccc4)n3)ccc2n1. The highest BCUT2D eigenvalue weighted by atomic mass is 15.3. The number of anilines is 5. The van der Waals surface area contributed by atoms with E-state index in [1.807, 2.05) is 44.2 Å². The lowest BCUT2D eigenvalue weighted by Crippen LogP contribution is -2.15. The Bertz CT molecular complexity index is 1790. The first-order valence-corrected chi connectivity index (χ1v) is 13.5. The molecule has 0 aliphatic rings. The quantitative estimate of drug-likeness (QED) is 0.227. The number of aromatic nitrogens is 5. The van der Waals surface area contributed by atoms with E-state index in [1.165, 1.54) is 0 Å². The van der Waals surface area contributed by atoms with E-state index in [2.05, 4.69) is 101 Å². The number of benzene rings is 3. The van der Waals surface area contributed by atoms with Gasteiger partial charge in [-0.05, 0) is 62.4 Å². The lowest BCUT2D eigenvalue weighted by Gasteiger charge is -2.25. The van der Waals surface area contributed by atoms with Gasteiger partial charge in [-0.3, -0.25) is 14.9 Å². The molecule has 0 N–H and O–H groups in total. The monoisotopic (exact) mass is 540 g/mol. The molecule has 204 valence electrons. The van der Waals surface area contributed by atoms with Crippen LogP contribution in [0.4, 0.5) is 28.7 Å². The van der Waals surface area contributed by atoms with Gasteiger partial charge in [-0.1, -0.05) is 30.3 Å². The van der Waals surface area contributed by atoms with Crippen LogP contribution in [0.5, 0.6) is 0 Å². The molecule has 0 amide bonds. The van der Waals surface area contributed by atoms with Gasteiger partial charge in [0.25, 0.3) is 0 Å². The van der Waals surface area contributed by atoms with Crippen molar-refractivity contribution in [2.24, 2.45) is 0 Å². The highest BCUT2D eigenvalue weighted by molar-refractivity contribution is 5.98.